The van der Waals surface area contributed by atoms with Gasteiger partial charge in [-0.2, -0.15) is 0 Å². The lowest BCUT2D eigenvalue weighted by Gasteiger charge is -2.17. The minimum atomic E-state index is -0.0527. The Balaban J connectivity index is 2.09. The summed E-state index contributed by atoms with van der Waals surface area (Å²) < 4.78 is 0. The molecule has 3 nitrogen and oxygen atoms in total. The van der Waals surface area contributed by atoms with Crippen LogP contribution in [-0.4, -0.2) is 22.8 Å². The lowest BCUT2D eigenvalue weighted by molar-refractivity contribution is 0.0784. The van der Waals surface area contributed by atoms with E-state index in [1.54, 1.807) is 36.5 Å². The second kappa shape index (κ2) is 5.65. The number of halogens is 1. The first-order valence-corrected chi connectivity index (χ1v) is 5.94. The highest BCUT2D eigenvalue weighted by atomic mass is 35.5. The zero-order valence-electron chi connectivity index (χ0n) is 10.0. The molecule has 18 heavy (non-hydrogen) atoms. The highest BCUT2D eigenvalue weighted by Crippen LogP contribution is 2.13. The third kappa shape index (κ3) is 3.08. The summed E-state index contributed by atoms with van der Waals surface area (Å²) in [6.07, 6.45) is 3.21. The summed E-state index contributed by atoms with van der Waals surface area (Å²) in [7, 11) is 1.76. The fourth-order valence-electron chi connectivity index (χ4n) is 1.69. The van der Waals surface area contributed by atoms with Gasteiger partial charge in [-0.05, 0) is 29.8 Å². The summed E-state index contributed by atoms with van der Waals surface area (Å²) in [6.45, 7) is 0.522. The minimum Gasteiger partial charge on any atom is -0.337 e. The van der Waals surface area contributed by atoms with Crippen LogP contribution < -0.4 is 0 Å². The summed E-state index contributed by atoms with van der Waals surface area (Å²) in [5, 5.41) is 0.676. The van der Waals surface area contributed by atoms with Gasteiger partial charge in [0.15, 0.2) is 0 Å². The molecule has 2 rings (SSSR count). The Morgan fingerprint density at radius 2 is 2.17 bits per heavy atom. The van der Waals surface area contributed by atoms with Crippen molar-refractivity contribution in [2.75, 3.05) is 7.05 Å². The molecule has 4 heteroatoms. The van der Waals surface area contributed by atoms with Crippen LogP contribution >= 0.6 is 11.6 Å². The second-order valence-electron chi connectivity index (χ2n) is 4.03. The fourth-order valence-corrected chi connectivity index (χ4v) is 1.90. The molecule has 1 amide bonds. The highest BCUT2D eigenvalue weighted by molar-refractivity contribution is 6.30. The molecule has 2 aromatic rings. The molecule has 0 aliphatic heterocycles. The van der Waals surface area contributed by atoms with Crippen LogP contribution in [0.4, 0.5) is 0 Å². The fraction of sp³-hybridized carbons (Fsp3) is 0.143. The SMILES string of the molecule is CN(Cc1cccc(Cl)c1)C(=O)c1cccnc1. The van der Waals surface area contributed by atoms with Gasteiger partial charge < -0.3 is 4.90 Å². The summed E-state index contributed by atoms with van der Waals surface area (Å²) in [6, 6.07) is 11.0. The van der Waals surface area contributed by atoms with Gasteiger partial charge in [0.1, 0.15) is 0 Å². The third-order valence-corrected chi connectivity index (χ3v) is 2.80. The molecule has 0 saturated carbocycles. The van der Waals surface area contributed by atoms with Crippen molar-refractivity contribution in [1.29, 1.82) is 0 Å². The number of benzene rings is 1. The molecule has 0 aliphatic rings. The zero-order chi connectivity index (χ0) is 13.0. The van der Waals surface area contributed by atoms with Gasteiger partial charge >= 0.3 is 0 Å². The van der Waals surface area contributed by atoms with E-state index in [4.69, 9.17) is 11.6 Å². The van der Waals surface area contributed by atoms with Gasteiger partial charge in [0, 0.05) is 31.0 Å². The molecule has 0 bridgehead atoms. The molecule has 1 heterocycles. The van der Waals surface area contributed by atoms with Crippen molar-refractivity contribution >= 4 is 17.5 Å². The van der Waals surface area contributed by atoms with Crippen molar-refractivity contribution in [2.24, 2.45) is 0 Å². The zero-order valence-corrected chi connectivity index (χ0v) is 10.8. The maximum absolute atomic E-state index is 12.1. The third-order valence-electron chi connectivity index (χ3n) is 2.56. The number of amides is 1. The number of rotatable bonds is 3. The van der Waals surface area contributed by atoms with Crippen molar-refractivity contribution in [3.63, 3.8) is 0 Å². The predicted molar refractivity (Wildman–Crippen MR) is 71.5 cm³/mol. The summed E-state index contributed by atoms with van der Waals surface area (Å²) in [4.78, 5) is 17.7. The van der Waals surface area contributed by atoms with Gasteiger partial charge in [-0.15, -0.1) is 0 Å². The summed E-state index contributed by atoms with van der Waals surface area (Å²) >= 11 is 5.91. The summed E-state index contributed by atoms with van der Waals surface area (Å²) in [5.41, 5.74) is 1.59. The molecule has 0 saturated heterocycles. The Labute approximate surface area is 111 Å². The number of carbonyl (C=O) groups excluding carboxylic acids is 1. The van der Waals surface area contributed by atoms with Gasteiger partial charge in [0.2, 0.25) is 0 Å². The van der Waals surface area contributed by atoms with E-state index in [-0.39, 0.29) is 5.91 Å². The quantitative estimate of drug-likeness (QED) is 0.850. The maximum atomic E-state index is 12.1. The first-order valence-electron chi connectivity index (χ1n) is 5.57. The Morgan fingerprint density at radius 3 is 2.83 bits per heavy atom. The molecule has 0 fully saturated rings. The van der Waals surface area contributed by atoms with Crippen LogP contribution in [0.3, 0.4) is 0 Å². The van der Waals surface area contributed by atoms with E-state index in [0.29, 0.717) is 17.1 Å². The molecule has 0 unspecified atom stereocenters. The summed E-state index contributed by atoms with van der Waals surface area (Å²) in [5.74, 6) is -0.0527. The Hall–Kier alpha value is -1.87. The van der Waals surface area contributed by atoms with E-state index >= 15 is 0 Å². The van der Waals surface area contributed by atoms with Crippen molar-refractivity contribution in [3.8, 4) is 0 Å². The molecule has 0 radical (unpaired) electrons. The molecule has 92 valence electrons. The first-order chi connectivity index (χ1) is 8.66. The van der Waals surface area contributed by atoms with E-state index in [1.165, 1.54) is 0 Å². The smallest absolute Gasteiger partial charge is 0.255 e. The van der Waals surface area contributed by atoms with E-state index < -0.39 is 0 Å². The predicted octanol–water partition coefficient (Wildman–Crippen LogP) is 3.01. The van der Waals surface area contributed by atoms with Gasteiger partial charge in [-0.25, -0.2) is 0 Å². The molecule has 1 aromatic heterocycles. The van der Waals surface area contributed by atoms with Crippen molar-refractivity contribution in [2.45, 2.75) is 6.54 Å². The van der Waals surface area contributed by atoms with E-state index in [2.05, 4.69) is 4.98 Å². The molecular weight excluding hydrogens is 248 g/mol. The lowest BCUT2D eigenvalue weighted by atomic mass is 10.2. The van der Waals surface area contributed by atoms with Gasteiger partial charge in [-0.1, -0.05) is 23.7 Å². The van der Waals surface area contributed by atoms with E-state index in [0.717, 1.165) is 5.56 Å². The second-order valence-corrected chi connectivity index (χ2v) is 4.47. The number of pyridine rings is 1. The largest absolute Gasteiger partial charge is 0.337 e. The van der Waals surface area contributed by atoms with Crippen LogP contribution in [0.5, 0.6) is 0 Å². The molecule has 1 aromatic carbocycles. The first kappa shape index (κ1) is 12.6. The lowest BCUT2D eigenvalue weighted by Crippen LogP contribution is -2.26. The van der Waals surface area contributed by atoms with Crippen molar-refractivity contribution in [1.82, 2.24) is 9.88 Å². The van der Waals surface area contributed by atoms with Crippen LogP contribution in [-0.2, 0) is 6.54 Å². The van der Waals surface area contributed by atoms with Gasteiger partial charge in [-0.3, -0.25) is 9.78 Å². The minimum absolute atomic E-state index is 0.0527. The van der Waals surface area contributed by atoms with Crippen LogP contribution in [0.2, 0.25) is 5.02 Å². The Bertz CT molecular complexity index is 543. The van der Waals surface area contributed by atoms with E-state index in [9.17, 15) is 4.79 Å². The monoisotopic (exact) mass is 260 g/mol. The van der Waals surface area contributed by atoms with Crippen LogP contribution in [0, 0.1) is 0 Å². The molecule has 0 atom stereocenters. The highest BCUT2D eigenvalue weighted by Gasteiger charge is 2.11. The maximum Gasteiger partial charge on any atom is 0.255 e. The standard InChI is InChI=1S/C14H13ClN2O/c1-17(10-11-4-2-6-13(15)8-11)14(18)12-5-3-7-16-9-12/h2-9H,10H2,1H3. The topological polar surface area (TPSA) is 33.2 Å². The Kier molecular flexibility index (Phi) is 3.95. The van der Waals surface area contributed by atoms with Gasteiger partial charge in [0.25, 0.3) is 5.91 Å². The number of aromatic nitrogens is 1. The number of hydrogen-bond acceptors (Lipinski definition) is 2. The van der Waals surface area contributed by atoms with Crippen LogP contribution in [0.1, 0.15) is 15.9 Å². The van der Waals surface area contributed by atoms with Gasteiger partial charge in [0.05, 0.1) is 5.56 Å². The van der Waals surface area contributed by atoms with Crippen molar-refractivity contribution < 1.29 is 4.79 Å². The molecule has 0 N–H and O–H groups in total. The van der Waals surface area contributed by atoms with Crippen LogP contribution in [0.25, 0.3) is 0 Å². The Morgan fingerprint density at radius 1 is 1.33 bits per heavy atom. The van der Waals surface area contributed by atoms with Crippen molar-refractivity contribution in [3.05, 3.63) is 64.9 Å². The van der Waals surface area contributed by atoms with E-state index in [1.807, 2.05) is 24.3 Å². The molecular formula is C14H13ClN2O. The van der Waals surface area contributed by atoms with Crippen LogP contribution in [0.15, 0.2) is 48.8 Å². The average Bonchev–Trinajstić information content (AvgIpc) is 2.39. The number of nitrogens with zero attached hydrogens (tertiary/aromatic N) is 2. The number of carbonyl (C=O) groups is 1. The molecule has 0 aliphatic carbocycles. The normalized spacial score (nSPS) is 10.1. The molecule has 0 spiro atoms. The number of hydrogen-bond donors (Lipinski definition) is 0. The average molecular weight is 261 g/mol.